The lowest BCUT2D eigenvalue weighted by Crippen LogP contribution is -2.21. The zero-order valence-electron chi connectivity index (χ0n) is 12.1. The predicted molar refractivity (Wildman–Crippen MR) is 86.8 cm³/mol. The molecular formula is C18H18N3+. The number of pyridine rings is 1. The van der Waals surface area contributed by atoms with Gasteiger partial charge in [0.25, 0.3) is 5.82 Å². The lowest BCUT2D eigenvalue weighted by molar-refractivity contribution is -0.329. The molecule has 0 unspecified atom stereocenters. The van der Waals surface area contributed by atoms with Crippen LogP contribution in [0, 0.1) is 6.92 Å². The maximum absolute atomic E-state index is 6.39. The second kappa shape index (κ2) is 4.48. The molecule has 4 rings (SSSR count). The fourth-order valence-electron chi connectivity index (χ4n) is 3.19. The molecule has 3 N–H and O–H groups in total. The average molecular weight is 276 g/mol. The van der Waals surface area contributed by atoms with Crippen molar-refractivity contribution in [3.8, 4) is 0 Å². The summed E-state index contributed by atoms with van der Waals surface area (Å²) in [6.45, 7) is 3.09. The molecule has 3 heteroatoms. The topological polar surface area (TPSA) is 43.4 Å². The summed E-state index contributed by atoms with van der Waals surface area (Å²) in [5.74, 6) is 1.14. The first kappa shape index (κ1) is 12.2. The van der Waals surface area contributed by atoms with Gasteiger partial charge >= 0.3 is 0 Å². The Bertz CT molecular complexity index is 839. The summed E-state index contributed by atoms with van der Waals surface area (Å²) in [4.78, 5) is 5.89. The Balaban J connectivity index is 1.92. The van der Waals surface area contributed by atoms with Crippen molar-refractivity contribution in [1.82, 2.24) is 0 Å². The number of hydrogen-bond acceptors (Lipinski definition) is 2. The standard InChI is InChI=1S/C18H17N3/c1-12-5-4-6-13(11-12)21-10-9-15-17(19)14-7-2-3-8-16(14)20-18(15)21/h2-8,11H,9-10H2,1H3,(H2,19,20)/p+1. The van der Waals surface area contributed by atoms with E-state index in [1.807, 2.05) is 12.1 Å². The van der Waals surface area contributed by atoms with Crippen molar-refractivity contribution in [3.63, 3.8) is 0 Å². The minimum absolute atomic E-state index is 0.912. The van der Waals surface area contributed by atoms with Gasteiger partial charge in [0.1, 0.15) is 11.2 Å². The summed E-state index contributed by atoms with van der Waals surface area (Å²) >= 11 is 0. The number of nitrogens with zero attached hydrogens (tertiary/aromatic N) is 1. The highest BCUT2D eigenvalue weighted by Crippen LogP contribution is 2.36. The van der Waals surface area contributed by atoms with Crippen LogP contribution in [-0.4, -0.2) is 6.54 Å². The third kappa shape index (κ3) is 1.85. The molecule has 0 bridgehead atoms. The van der Waals surface area contributed by atoms with Crippen LogP contribution in [0.5, 0.6) is 0 Å². The van der Waals surface area contributed by atoms with E-state index < -0.39 is 0 Å². The van der Waals surface area contributed by atoms with Crippen LogP contribution in [0.25, 0.3) is 10.9 Å². The average Bonchev–Trinajstić information content (AvgIpc) is 2.92. The van der Waals surface area contributed by atoms with E-state index in [1.54, 1.807) is 0 Å². The van der Waals surface area contributed by atoms with E-state index in [9.17, 15) is 0 Å². The van der Waals surface area contributed by atoms with Gasteiger partial charge in [-0.15, -0.1) is 0 Å². The zero-order valence-corrected chi connectivity index (χ0v) is 12.1. The van der Waals surface area contributed by atoms with Crippen LogP contribution in [0.15, 0.2) is 48.5 Å². The fraction of sp³-hybridized carbons (Fsp3) is 0.167. The lowest BCUT2D eigenvalue weighted by atomic mass is 10.1. The number of para-hydroxylation sites is 1. The van der Waals surface area contributed by atoms with Crippen molar-refractivity contribution in [2.75, 3.05) is 17.2 Å². The fourth-order valence-corrected chi connectivity index (χ4v) is 3.19. The number of nitrogen functional groups attached to an aromatic ring is 1. The van der Waals surface area contributed by atoms with Crippen LogP contribution in [-0.2, 0) is 6.42 Å². The molecule has 104 valence electrons. The number of H-pyrrole nitrogens is 1. The highest BCUT2D eigenvalue weighted by Gasteiger charge is 2.32. The molecule has 2 aromatic carbocycles. The number of hydrogen-bond donors (Lipinski definition) is 1. The maximum Gasteiger partial charge on any atom is 0.285 e. The van der Waals surface area contributed by atoms with Crippen LogP contribution in [0.2, 0.25) is 0 Å². The molecule has 1 aromatic heterocycles. The van der Waals surface area contributed by atoms with Crippen LogP contribution < -0.4 is 15.6 Å². The van der Waals surface area contributed by atoms with Crippen molar-refractivity contribution in [2.45, 2.75) is 13.3 Å². The Morgan fingerprint density at radius 2 is 1.95 bits per heavy atom. The van der Waals surface area contributed by atoms with Crippen molar-refractivity contribution in [1.29, 1.82) is 0 Å². The molecule has 0 amide bonds. The van der Waals surface area contributed by atoms with Gasteiger partial charge in [-0.2, -0.15) is 0 Å². The van der Waals surface area contributed by atoms with Gasteiger partial charge in [0.05, 0.1) is 17.8 Å². The molecule has 1 aliphatic heterocycles. The Kier molecular flexibility index (Phi) is 2.61. The Morgan fingerprint density at radius 1 is 1.10 bits per heavy atom. The van der Waals surface area contributed by atoms with E-state index in [0.29, 0.717) is 0 Å². The summed E-state index contributed by atoms with van der Waals surface area (Å²) in [5.41, 5.74) is 12.1. The second-order valence-corrected chi connectivity index (χ2v) is 5.65. The molecular weight excluding hydrogens is 258 g/mol. The third-order valence-electron chi connectivity index (χ3n) is 4.25. The first-order valence-corrected chi connectivity index (χ1v) is 7.30. The molecule has 21 heavy (non-hydrogen) atoms. The highest BCUT2D eigenvalue weighted by molar-refractivity contribution is 5.92. The smallest absolute Gasteiger partial charge is 0.285 e. The zero-order chi connectivity index (χ0) is 14.4. The number of anilines is 3. The SMILES string of the molecule is Cc1cccc(N2CCc3c2[nH+]c2ccccc2c3N)c1. The van der Waals surface area contributed by atoms with Gasteiger partial charge in [-0.3, -0.25) is 0 Å². The Labute approximate surface area is 124 Å². The minimum Gasteiger partial charge on any atom is -0.398 e. The molecule has 1 aliphatic rings. The number of nitrogens with two attached hydrogens (primary N) is 1. The van der Waals surface area contributed by atoms with Gasteiger partial charge in [-0.05, 0) is 36.8 Å². The monoisotopic (exact) mass is 276 g/mol. The van der Waals surface area contributed by atoms with Crippen molar-refractivity contribution >= 4 is 28.1 Å². The number of nitrogens with one attached hydrogen (secondary N) is 1. The van der Waals surface area contributed by atoms with E-state index in [1.165, 1.54) is 16.8 Å². The van der Waals surface area contributed by atoms with Gasteiger partial charge in [0.2, 0.25) is 0 Å². The number of rotatable bonds is 1. The van der Waals surface area contributed by atoms with E-state index in [4.69, 9.17) is 5.73 Å². The van der Waals surface area contributed by atoms with Gasteiger partial charge in [0, 0.05) is 11.8 Å². The van der Waals surface area contributed by atoms with Crippen molar-refractivity contribution in [3.05, 3.63) is 59.7 Å². The number of aryl methyl sites for hydroxylation is 1. The van der Waals surface area contributed by atoms with E-state index in [2.05, 4.69) is 53.2 Å². The van der Waals surface area contributed by atoms with E-state index >= 15 is 0 Å². The summed E-state index contributed by atoms with van der Waals surface area (Å²) < 4.78 is 0. The largest absolute Gasteiger partial charge is 0.398 e. The first-order valence-electron chi connectivity index (χ1n) is 7.30. The second-order valence-electron chi connectivity index (χ2n) is 5.65. The summed E-state index contributed by atoms with van der Waals surface area (Å²) in [6, 6.07) is 16.8. The summed E-state index contributed by atoms with van der Waals surface area (Å²) in [6.07, 6.45) is 0.983. The summed E-state index contributed by atoms with van der Waals surface area (Å²) in [7, 11) is 0. The van der Waals surface area contributed by atoms with E-state index in [0.717, 1.165) is 35.4 Å². The number of benzene rings is 2. The minimum atomic E-state index is 0.912. The van der Waals surface area contributed by atoms with Gasteiger partial charge in [-0.1, -0.05) is 24.3 Å². The number of aromatic amines is 1. The van der Waals surface area contributed by atoms with Crippen LogP contribution in [0.1, 0.15) is 11.1 Å². The molecule has 0 aliphatic carbocycles. The molecule has 0 radical (unpaired) electrons. The third-order valence-corrected chi connectivity index (χ3v) is 4.25. The van der Waals surface area contributed by atoms with Gasteiger partial charge in [0.15, 0.2) is 0 Å². The maximum atomic E-state index is 6.39. The van der Waals surface area contributed by atoms with Crippen LogP contribution in [0.3, 0.4) is 0 Å². The molecule has 0 saturated heterocycles. The molecule has 0 fully saturated rings. The first-order chi connectivity index (χ1) is 10.2. The highest BCUT2D eigenvalue weighted by atomic mass is 15.2. The molecule has 0 atom stereocenters. The quantitative estimate of drug-likeness (QED) is 0.741. The Morgan fingerprint density at radius 3 is 2.81 bits per heavy atom. The summed E-state index contributed by atoms with van der Waals surface area (Å²) in [5, 5.41) is 1.11. The van der Waals surface area contributed by atoms with E-state index in [-0.39, 0.29) is 0 Å². The van der Waals surface area contributed by atoms with Crippen LogP contribution in [0.4, 0.5) is 17.2 Å². The van der Waals surface area contributed by atoms with Gasteiger partial charge in [-0.25, -0.2) is 9.88 Å². The Hall–Kier alpha value is -2.55. The molecule has 3 nitrogen and oxygen atoms in total. The molecule has 0 spiro atoms. The molecule has 2 heterocycles. The molecule has 3 aromatic rings. The normalized spacial score (nSPS) is 13.7. The van der Waals surface area contributed by atoms with Gasteiger partial charge < -0.3 is 5.73 Å². The molecule has 0 saturated carbocycles. The number of aromatic nitrogens is 1. The van der Waals surface area contributed by atoms with Crippen molar-refractivity contribution in [2.24, 2.45) is 0 Å². The predicted octanol–water partition coefficient (Wildman–Crippen LogP) is 3.24. The van der Waals surface area contributed by atoms with Crippen LogP contribution >= 0.6 is 0 Å². The lowest BCUT2D eigenvalue weighted by Gasteiger charge is -2.12. The van der Waals surface area contributed by atoms with Crippen molar-refractivity contribution < 1.29 is 4.98 Å². The number of fused-ring (bicyclic) bond motifs is 2.